The van der Waals surface area contributed by atoms with Gasteiger partial charge in [0, 0.05) is 12.6 Å². The Morgan fingerprint density at radius 3 is 2.92 bits per heavy atom. The van der Waals surface area contributed by atoms with Crippen molar-refractivity contribution in [3.8, 4) is 5.19 Å². The zero-order valence-electron chi connectivity index (χ0n) is 15.6. The lowest BCUT2D eigenvalue weighted by atomic mass is 10.1. The van der Waals surface area contributed by atoms with Gasteiger partial charge in [0.1, 0.15) is 23.6 Å². The first-order valence-corrected chi connectivity index (χ1v) is 9.74. The number of nitrogens with zero attached hydrogens (tertiary/aromatic N) is 2. The van der Waals surface area contributed by atoms with Gasteiger partial charge >= 0.3 is 0 Å². The normalized spacial score (nSPS) is 16.6. The van der Waals surface area contributed by atoms with Gasteiger partial charge in [-0.1, -0.05) is 38.0 Å². The zero-order valence-corrected chi connectivity index (χ0v) is 16.4. The van der Waals surface area contributed by atoms with Gasteiger partial charge in [0.2, 0.25) is 0 Å². The van der Waals surface area contributed by atoms with Crippen LogP contribution in [0.4, 0.5) is 0 Å². The molecule has 6 nitrogen and oxygen atoms in total. The SMILES string of the molecule is CC(C)CCCCNC(=O)c1cnc(OC=C2CN(C(C)C)CO2)s1. The minimum Gasteiger partial charge on any atom is -0.478 e. The van der Waals surface area contributed by atoms with Crippen molar-refractivity contribution < 1.29 is 14.3 Å². The van der Waals surface area contributed by atoms with Crippen molar-refractivity contribution in [2.24, 2.45) is 5.92 Å². The highest BCUT2D eigenvalue weighted by Gasteiger charge is 2.20. The number of hydrogen-bond donors (Lipinski definition) is 1. The van der Waals surface area contributed by atoms with E-state index in [1.807, 2.05) is 0 Å². The lowest BCUT2D eigenvalue weighted by Crippen LogP contribution is -2.27. The summed E-state index contributed by atoms with van der Waals surface area (Å²) >= 11 is 1.24. The Morgan fingerprint density at radius 2 is 2.24 bits per heavy atom. The van der Waals surface area contributed by atoms with Gasteiger partial charge in [-0.25, -0.2) is 4.98 Å². The Balaban J connectivity index is 1.73. The number of ether oxygens (including phenoxy) is 2. The van der Waals surface area contributed by atoms with E-state index in [-0.39, 0.29) is 5.91 Å². The van der Waals surface area contributed by atoms with Crippen molar-refractivity contribution in [2.45, 2.75) is 53.0 Å². The molecule has 0 bridgehead atoms. The first-order valence-electron chi connectivity index (χ1n) is 8.92. The van der Waals surface area contributed by atoms with Gasteiger partial charge in [-0.2, -0.15) is 0 Å². The number of thiazole rings is 1. The molecular formula is C18H29N3O3S. The van der Waals surface area contributed by atoms with E-state index in [1.54, 1.807) is 12.5 Å². The summed E-state index contributed by atoms with van der Waals surface area (Å²) in [4.78, 5) is 19.0. The number of aromatic nitrogens is 1. The average Bonchev–Trinajstić information content (AvgIpc) is 3.21. The van der Waals surface area contributed by atoms with Gasteiger partial charge in [-0.15, -0.1) is 0 Å². The lowest BCUT2D eigenvalue weighted by Gasteiger charge is -2.15. The largest absolute Gasteiger partial charge is 0.478 e. The Labute approximate surface area is 154 Å². The molecule has 0 radical (unpaired) electrons. The van der Waals surface area contributed by atoms with E-state index < -0.39 is 0 Å². The van der Waals surface area contributed by atoms with Crippen LogP contribution in [0, 0.1) is 5.92 Å². The van der Waals surface area contributed by atoms with Crippen LogP contribution in [0.3, 0.4) is 0 Å². The van der Waals surface area contributed by atoms with Crippen LogP contribution in [0.2, 0.25) is 0 Å². The van der Waals surface area contributed by atoms with Gasteiger partial charge in [-0.05, 0) is 26.2 Å². The van der Waals surface area contributed by atoms with Crippen LogP contribution in [0.15, 0.2) is 18.2 Å². The third-order valence-electron chi connectivity index (χ3n) is 4.00. The molecular weight excluding hydrogens is 338 g/mol. The first-order chi connectivity index (χ1) is 12.0. The van der Waals surface area contributed by atoms with E-state index in [9.17, 15) is 4.79 Å². The van der Waals surface area contributed by atoms with E-state index in [0.29, 0.717) is 35.3 Å². The van der Waals surface area contributed by atoms with Crippen LogP contribution in [0.25, 0.3) is 0 Å². The van der Waals surface area contributed by atoms with Gasteiger partial charge in [0.05, 0.1) is 12.7 Å². The fourth-order valence-corrected chi connectivity index (χ4v) is 3.02. The van der Waals surface area contributed by atoms with E-state index in [0.717, 1.165) is 25.1 Å². The minimum atomic E-state index is -0.0901. The van der Waals surface area contributed by atoms with Crippen molar-refractivity contribution in [3.05, 3.63) is 23.1 Å². The third kappa shape index (κ3) is 6.66. The first kappa shape index (κ1) is 19.7. The Bertz CT molecular complexity index is 584. The van der Waals surface area contributed by atoms with E-state index in [4.69, 9.17) is 9.47 Å². The third-order valence-corrected chi connectivity index (χ3v) is 4.89. The molecule has 0 aliphatic carbocycles. The van der Waals surface area contributed by atoms with E-state index in [2.05, 4.69) is 42.9 Å². The molecule has 1 aromatic rings. The molecule has 1 fully saturated rings. The highest BCUT2D eigenvalue weighted by atomic mass is 32.1. The minimum absolute atomic E-state index is 0.0901. The predicted molar refractivity (Wildman–Crippen MR) is 99.6 cm³/mol. The van der Waals surface area contributed by atoms with Gasteiger partial charge in [-0.3, -0.25) is 9.69 Å². The molecule has 1 aliphatic heterocycles. The summed E-state index contributed by atoms with van der Waals surface area (Å²) in [6.07, 6.45) is 6.46. The maximum absolute atomic E-state index is 12.1. The van der Waals surface area contributed by atoms with Crippen molar-refractivity contribution in [3.63, 3.8) is 0 Å². The topological polar surface area (TPSA) is 63.7 Å². The maximum atomic E-state index is 12.1. The second-order valence-electron chi connectivity index (χ2n) is 6.95. The Hall–Kier alpha value is -1.60. The molecule has 0 saturated carbocycles. The Morgan fingerprint density at radius 1 is 1.44 bits per heavy atom. The molecule has 2 rings (SSSR count). The van der Waals surface area contributed by atoms with E-state index >= 15 is 0 Å². The molecule has 0 atom stereocenters. The molecule has 0 spiro atoms. The molecule has 2 heterocycles. The fourth-order valence-electron chi connectivity index (χ4n) is 2.36. The van der Waals surface area contributed by atoms with Crippen molar-refractivity contribution in [2.75, 3.05) is 19.8 Å². The summed E-state index contributed by atoms with van der Waals surface area (Å²) in [7, 11) is 0. The number of hydrogen-bond acceptors (Lipinski definition) is 6. The van der Waals surface area contributed by atoms with Crippen molar-refractivity contribution in [1.29, 1.82) is 0 Å². The molecule has 1 N–H and O–H groups in total. The van der Waals surface area contributed by atoms with Gasteiger partial charge in [0.25, 0.3) is 11.1 Å². The fraction of sp³-hybridized carbons (Fsp3) is 0.667. The van der Waals surface area contributed by atoms with Crippen LogP contribution in [-0.4, -0.2) is 41.7 Å². The number of nitrogens with one attached hydrogen (secondary N) is 1. The average molecular weight is 368 g/mol. The molecule has 25 heavy (non-hydrogen) atoms. The summed E-state index contributed by atoms with van der Waals surface area (Å²) in [5.74, 6) is 1.40. The number of unbranched alkanes of at least 4 members (excludes halogenated alkanes) is 1. The highest BCUT2D eigenvalue weighted by molar-refractivity contribution is 7.15. The monoisotopic (exact) mass is 367 g/mol. The summed E-state index contributed by atoms with van der Waals surface area (Å²) in [5.41, 5.74) is 0. The van der Waals surface area contributed by atoms with Crippen LogP contribution in [0.1, 0.15) is 56.6 Å². The maximum Gasteiger partial charge on any atom is 0.278 e. The van der Waals surface area contributed by atoms with Crippen LogP contribution < -0.4 is 10.1 Å². The quantitative estimate of drug-likeness (QED) is 0.533. The van der Waals surface area contributed by atoms with Crippen molar-refractivity contribution in [1.82, 2.24) is 15.2 Å². The van der Waals surface area contributed by atoms with Crippen molar-refractivity contribution >= 4 is 17.2 Å². The zero-order chi connectivity index (χ0) is 18.2. The molecule has 140 valence electrons. The molecule has 1 amide bonds. The second-order valence-corrected chi connectivity index (χ2v) is 7.95. The summed E-state index contributed by atoms with van der Waals surface area (Å²) in [6, 6.07) is 0.432. The molecule has 0 unspecified atom stereocenters. The lowest BCUT2D eigenvalue weighted by molar-refractivity contribution is 0.0956. The molecule has 7 heteroatoms. The highest BCUT2D eigenvalue weighted by Crippen LogP contribution is 2.22. The molecule has 1 saturated heterocycles. The number of rotatable bonds is 9. The van der Waals surface area contributed by atoms with Crippen LogP contribution >= 0.6 is 11.3 Å². The Kier molecular flexibility index (Phi) is 7.71. The standard InChI is InChI=1S/C18H29N3O3S/c1-13(2)7-5-6-8-19-17(22)16-9-20-18(25-16)23-11-15-10-21(12-24-15)14(3)4/h9,11,13-14H,5-8,10,12H2,1-4H3,(H,19,22). The molecule has 1 aromatic heterocycles. The summed E-state index contributed by atoms with van der Waals surface area (Å²) in [5, 5.41) is 3.38. The molecule has 1 aliphatic rings. The second kappa shape index (κ2) is 9.77. The molecule has 0 aromatic carbocycles. The van der Waals surface area contributed by atoms with Crippen LogP contribution in [-0.2, 0) is 4.74 Å². The number of carbonyl (C=O) groups is 1. The van der Waals surface area contributed by atoms with Gasteiger partial charge in [0.15, 0.2) is 0 Å². The van der Waals surface area contributed by atoms with Crippen LogP contribution in [0.5, 0.6) is 5.19 Å². The van der Waals surface area contributed by atoms with E-state index in [1.165, 1.54) is 17.8 Å². The number of carbonyl (C=O) groups excluding carboxylic acids is 1. The summed E-state index contributed by atoms with van der Waals surface area (Å²) in [6.45, 7) is 10.7. The van der Waals surface area contributed by atoms with Gasteiger partial charge < -0.3 is 14.8 Å². The predicted octanol–water partition coefficient (Wildman–Crippen LogP) is 3.62. The smallest absolute Gasteiger partial charge is 0.278 e. The number of amides is 1. The summed E-state index contributed by atoms with van der Waals surface area (Å²) < 4.78 is 11.1.